The largest absolute Gasteiger partial charge is 0.508 e. The van der Waals surface area contributed by atoms with E-state index in [2.05, 4.69) is 11.1 Å². The fraction of sp³-hybridized carbons (Fsp3) is 0.286. The van der Waals surface area contributed by atoms with Gasteiger partial charge in [0.1, 0.15) is 18.5 Å². The molecule has 2 unspecified atom stereocenters. The van der Waals surface area contributed by atoms with Gasteiger partial charge in [0.2, 0.25) is 5.91 Å². The van der Waals surface area contributed by atoms with Crippen molar-refractivity contribution >= 4 is 16.8 Å². The molecule has 2 atom stereocenters. The van der Waals surface area contributed by atoms with Gasteiger partial charge in [-0.25, -0.2) is 0 Å². The highest BCUT2D eigenvalue weighted by atomic mass is 16.6. The molecule has 1 amide bonds. The van der Waals surface area contributed by atoms with Gasteiger partial charge in [0.15, 0.2) is 11.5 Å². The predicted molar refractivity (Wildman–Crippen MR) is 102 cm³/mol. The zero-order chi connectivity index (χ0) is 18.8. The van der Waals surface area contributed by atoms with Crippen molar-refractivity contribution in [3.05, 3.63) is 54.2 Å². The number of aromatic hydroxyl groups is 1. The van der Waals surface area contributed by atoms with E-state index in [4.69, 9.17) is 15.2 Å². The molecule has 2 aromatic carbocycles. The number of nitrogens with one attached hydrogen (secondary N) is 1. The molecule has 1 aliphatic heterocycles. The fourth-order valence-electron chi connectivity index (χ4n) is 3.58. The number of nitrogens with two attached hydrogens (primary N) is 1. The van der Waals surface area contributed by atoms with Gasteiger partial charge in [0, 0.05) is 29.1 Å². The third-order valence-electron chi connectivity index (χ3n) is 5.03. The van der Waals surface area contributed by atoms with Gasteiger partial charge in [-0.15, -0.1) is 0 Å². The van der Waals surface area contributed by atoms with E-state index >= 15 is 0 Å². The Morgan fingerprint density at radius 1 is 1.26 bits per heavy atom. The Bertz CT molecular complexity index is 966. The minimum atomic E-state index is -0.333. The van der Waals surface area contributed by atoms with E-state index in [0.717, 1.165) is 11.9 Å². The number of benzene rings is 2. The topological polar surface area (TPSA) is 97.6 Å². The van der Waals surface area contributed by atoms with Crippen LogP contribution in [0.15, 0.2) is 48.7 Å². The number of aromatic amines is 1. The number of hydrogen-bond donors (Lipinski definition) is 3. The Labute approximate surface area is 156 Å². The third-order valence-corrected chi connectivity index (χ3v) is 5.03. The number of fused-ring (bicyclic) bond motifs is 2. The summed E-state index contributed by atoms with van der Waals surface area (Å²) < 4.78 is 11.6. The lowest BCUT2D eigenvalue weighted by atomic mass is 9.93. The number of H-pyrrole nitrogens is 1. The maximum absolute atomic E-state index is 12.0. The number of primary amides is 1. The zero-order valence-electron chi connectivity index (χ0n) is 14.9. The number of amides is 1. The first-order chi connectivity index (χ1) is 13.1. The maximum Gasteiger partial charge on any atom is 0.220 e. The summed E-state index contributed by atoms with van der Waals surface area (Å²) in [5, 5.41) is 10.8. The number of hydrogen-bond acceptors (Lipinski definition) is 4. The van der Waals surface area contributed by atoms with Crippen molar-refractivity contribution in [3.8, 4) is 17.2 Å². The molecular weight excluding hydrogens is 344 g/mol. The van der Waals surface area contributed by atoms with Crippen LogP contribution in [0.5, 0.6) is 17.2 Å². The van der Waals surface area contributed by atoms with Crippen molar-refractivity contribution in [2.75, 3.05) is 6.61 Å². The molecule has 0 saturated heterocycles. The number of phenols is 1. The van der Waals surface area contributed by atoms with Crippen LogP contribution in [0, 0.1) is 5.92 Å². The van der Waals surface area contributed by atoms with Crippen molar-refractivity contribution in [1.82, 2.24) is 4.98 Å². The minimum absolute atomic E-state index is 0.115. The number of aromatic nitrogens is 1. The average Bonchev–Trinajstić information content (AvgIpc) is 3.07. The molecule has 4 rings (SSSR count). The molecule has 140 valence electrons. The lowest BCUT2D eigenvalue weighted by Crippen LogP contribution is -2.35. The van der Waals surface area contributed by atoms with E-state index in [9.17, 15) is 9.90 Å². The Morgan fingerprint density at radius 2 is 2.11 bits per heavy atom. The molecule has 1 aromatic heterocycles. The smallest absolute Gasteiger partial charge is 0.220 e. The lowest BCUT2D eigenvalue weighted by molar-refractivity contribution is -0.123. The van der Waals surface area contributed by atoms with Crippen LogP contribution in [0.25, 0.3) is 10.9 Å². The summed E-state index contributed by atoms with van der Waals surface area (Å²) in [6, 6.07) is 12.8. The maximum atomic E-state index is 12.0. The van der Waals surface area contributed by atoms with Crippen LogP contribution in [0.1, 0.15) is 18.4 Å². The normalized spacial score (nSPS) is 17.0. The van der Waals surface area contributed by atoms with Crippen LogP contribution in [0.2, 0.25) is 0 Å². The SMILES string of the molecule is NC(=O)C(CCc1c[nH]c2ccccc12)CC1COc2ccc(O)cc2O1. The summed E-state index contributed by atoms with van der Waals surface area (Å²) in [4.78, 5) is 15.2. The summed E-state index contributed by atoms with van der Waals surface area (Å²) in [5.74, 6) is 0.555. The van der Waals surface area contributed by atoms with Crippen LogP contribution in [0.4, 0.5) is 0 Å². The molecule has 6 nitrogen and oxygen atoms in total. The van der Waals surface area contributed by atoms with Crippen LogP contribution in [-0.4, -0.2) is 28.7 Å². The molecule has 3 aromatic rings. The first kappa shape index (κ1) is 17.3. The number of aryl methyl sites for hydroxylation is 1. The van der Waals surface area contributed by atoms with Gasteiger partial charge in [-0.2, -0.15) is 0 Å². The summed E-state index contributed by atoms with van der Waals surface area (Å²) in [6.45, 7) is 0.356. The second-order valence-corrected chi connectivity index (χ2v) is 6.92. The first-order valence-electron chi connectivity index (χ1n) is 9.07. The number of phenolic OH excluding ortho intramolecular Hbond substituents is 1. The predicted octanol–water partition coefficient (Wildman–Crippen LogP) is 3.14. The van der Waals surface area contributed by atoms with Crippen molar-refractivity contribution in [1.29, 1.82) is 0 Å². The van der Waals surface area contributed by atoms with E-state index in [1.165, 1.54) is 17.0 Å². The standard InChI is InChI=1S/C21H22N2O4/c22-21(25)13(5-6-14-11-23-18-4-2-1-3-17(14)18)9-16-12-26-19-8-7-15(24)10-20(19)27-16/h1-4,7-8,10-11,13,16,23-24H,5-6,9,12H2,(H2,22,25). The number of carbonyl (C=O) groups excluding carboxylic acids is 1. The van der Waals surface area contributed by atoms with Crippen molar-refractivity contribution in [2.45, 2.75) is 25.4 Å². The molecular formula is C21H22N2O4. The Kier molecular flexibility index (Phi) is 4.62. The Hall–Kier alpha value is -3.15. The monoisotopic (exact) mass is 366 g/mol. The van der Waals surface area contributed by atoms with Crippen molar-refractivity contribution in [2.24, 2.45) is 11.7 Å². The fourth-order valence-corrected chi connectivity index (χ4v) is 3.58. The second-order valence-electron chi connectivity index (χ2n) is 6.92. The van der Waals surface area contributed by atoms with Crippen LogP contribution >= 0.6 is 0 Å². The zero-order valence-corrected chi connectivity index (χ0v) is 14.9. The van der Waals surface area contributed by atoms with Gasteiger partial charge in [-0.3, -0.25) is 4.79 Å². The van der Waals surface area contributed by atoms with Crippen LogP contribution in [0.3, 0.4) is 0 Å². The molecule has 2 heterocycles. The highest BCUT2D eigenvalue weighted by molar-refractivity contribution is 5.83. The van der Waals surface area contributed by atoms with E-state index in [1.54, 1.807) is 12.1 Å². The number of rotatable bonds is 6. The van der Waals surface area contributed by atoms with E-state index in [0.29, 0.717) is 30.9 Å². The van der Waals surface area contributed by atoms with E-state index in [-0.39, 0.29) is 23.7 Å². The van der Waals surface area contributed by atoms with Gasteiger partial charge in [0.25, 0.3) is 0 Å². The molecule has 0 spiro atoms. The average molecular weight is 366 g/mol. The van der Waals surface area contributed by atoms with Crippen molar-refractivity contribution < 1.29 is 19.4 Å². The number of ether oxygens (including phenoxy) is 2. The Balaban J connectivity index is 1.42. The molecule has 6 heteroatoms. The van der Waals surface area contributed by atoms with E-state index < -0.39 is 0 Å². The molecule has 0 radical (unpaired) electrons. The van der Waals surface area contributed by atoms with Crippen molar-refractivity contribution in [3.63, 3.8) is 0 Å². The van der Waals surface area contributed by atoms with Crippen LogP contribution in [-0.2, 0) is 11.2 Å². The molecule has 0 saturated carbocycles. The molecule has 4 N–H and O–H groups in total. The van der Waals surface area contributed by atoms with Gasteiger partial charge in [-0.1, -0.05) is 18.2 Å². The molecule has 1 aliphatic rings. The molecule has 0 fully saturated rings. The molecule has 0 aliphatic carbocycles. The number of carbonyl (C=O) groups is 1. The Morgan fingerprint density at radius 3 is 2.96 bits per heavy atom. The van der Waals surface area contributed by atoms with Gasteiger partial charge < -0.3 is 25.3 Å². The molecule has 0 bridgehead atoms. The summed E-state index contributed by atoms with van der Waals surface area (Å²) in [5.41, 5.74) is 7.90. The van der Waals surface area contributed by atoms with Crippen LogP contribution < -0.4 is 15.2 Å². The molecule has 27 heavy (non-hydrogen) atoms. The minimum Gasteiger partial charge on any atom is -0.508 e. The number of para-hydroxylation sites is 1. The van der Waals surface area contributed by atoms with Gasteiger partial charge in [-0.05, 0) is 43.0 Å². The third kappa shape index (κ3) is 3.69. The second kappa shape index (κ2) is 7.23. The van der Waals surface area contributed by atoms with Gasteiger partial charge >= 0.3 is 0 Å². The highest BCUT2D eigenvalue weighted by Crippen LogP contribution is 2.36. The lowest BCUT2D eigenvalue weighted by Gasteiger charge is -2.28. The van der Waals surface area contributed by atoms with Gasteiger partial charge in [0.05, 0.1) is 0 Å². The highest BCUT2D eigenvalue weighted by Gasteiger charge is 2.27. The first-order valence-corrected chi connectivity index (χ1v) is 9.07. The summed E-state index contributed by atoms with van der Waals surface area (Å²) >= 11 is 0. The van der Waals surface area contributed by atoms with E-state index in [1.807, 2.05) is 24.4 Å². The summed E-state index contributed by atoms with van der Waals surface area (Å²) in [6.07, 6.45) is 3.58. The summed E-state index contributed by atoms with van der Waals surface area (Å²) in [7, 11) is 0. The quantitative estimate of drug-likeness (QED) is 0.624.